The van der Waals surface area contributed by atoms with E-state index < -0.39 is 12.7 Å². The average molecular weight is 303 g/mol. The number of aromatic nitrogens is 2. The molecule has 1 fully saturated rings. The van der Waals surface area contributed by atoms with Gasteiger partial charge in [0.2, 0.25) is 0 Å². The van der Waals surface area contributed by atoms with Crippen molar-refractivity contribution in [1.29, 1.82) is 0 Å². The van der Waals surface area contributed by atoms with Crippen LogP contribution in [0, 0.1) is 0 Å². The Hall–Kier alpha value is -1.57. The van der Waals surface area contributed by atoms with Gasteiger partial charge in [0.25, 0.3) is 0 Å². The summed E-state index contributed by atoms with van der Waals surface area (Å²) >= 11 is 0. The highest BCUT2D eigenvalue weighted by atomic mass is 19.4. The van der Waals surface area contributed by atoms with Crippen LogP contribution in [0.1, 0.15) is 18.9 Å². The third kappa shape index (κ3) is 4.20. The van der Waals surface area contributed by atoms with Crippen molar-refractivity contribution in [3.63, 3.8) is 0 Å². The molecule has 0 atom stereocenters. The lowest BCUT2D eigenvalue weighted by molar-refractivity contribution is -0.146. The monoisotopic (exact) mass is 303 g/mol. The Morgan fingerprint density at radius 3 is 2.43 bits per heavy atom. The molecule has 0 spiro atoms. The van der Waals surface area contributed by atoms with Crippen molar-refractivity contribution in [2.75, 3.05) is 43.4 Å². The molecule has 8 heteroatoms. The fraction of sp³-hybridized carbons (Fsp3) is 0.692. The summed E-state index contributed by atoms with van der Waals surface area (Å²) in [4.78, 5) is 11.7. The summed E-state index contributed by atoms with van der Waals surface area (Å²) in [6, 6.07) is 0. The zero-order valence-corrected chi connectivity index (χ0v) is 12.0. The molecule has 1 aromatic rings. The molecule has 0 radical (unpaired) electrons. The van der Waals surface area contributed by atoms with E-state index in [1.807, 2.05) is 11.8 Å². The average Bonchev–Trinajstić information content (AvgIpc) is 2.40. The fourth-order valence-electron chi connectivity index (χ4n) is 2.55. The Balaban J connectivity index is 2.04. The van der Waals surface area contributed by atoms with E-state index in [4.69, 9.17) is 5.73 Å². The Labute approximate surface area is 122 Å². The molecule has 2 heterocycles. The van der Waals surface area contributed by atoms with Crippen molar-refractivity contribution < 1.29 is 13.2 Å². The lowest BCUT2D eigenvalue weighted by atomic mass is 10.1. The molecule has 2 N–H and O–H groups in total. The minimum Gasteiger partial charge on any atom is -0.383 e. The molecule has 0 bridgehead atoms. The topological polar surface area (TPSA) is 58.3 Å². The van der Waals surface area contributed by atoms with E-state index in [1.165, 1.54) is 11.2 Å². The standard InChI is InChI=1S/C13H20F3N5/c1-2-3-10-11(17)18-9-19-12(10)21-6-4-20(5-7-21)8-13(14,15)16/h9H,2-8H2,1H3,(H2,17,18,19). The van der Waals surface area contributed by atoms with Crippen LogP contribution in [0.5, 0.6) is 0 Å². The van der Waals surface area contributed by atoms with E-state index in [2.05, 4.69) is 9.97 Å². The van der Waals surface area contributed by atoms with Crippen LogP contribution < -0.4 is 10.6 Å². The van der Waals surface area contributed by atoms with E-state index in [9.17, 15) is 13.2 Å². The summed E-state index contributed by atoms with van der Waals surface area (Å²) in [5.41, 5.74) is 6.78. The molecule has 0 saturated carbocycles. The number of hydrogen-bond donors (Lipinski definition) is 1. The third-order valence-corrected chi connectivity index (χ3v) is 3.53. The van der Waals surface area contributed by atoms with Gasteiger partial charge in [-0.1, -0.05) is 13.3 Å². The quantitative estimate of drug-likeness (QED) is 0.917. The van der Waals surface area contributed by atoms with E-state index in [0.717, 1.165) is 24.2 Å². The van der Waals surface area contributed by atoms with Gasteiger partial charge in [0.15, 0.2) is 0 Å². The summed E-state index contributed by atoms with van der Waals surface area (Å²) in [5, 5.41) is 0. The molecule has 118 valence electrons. The number of halogens is 3. The number of hydrogen-bond acceptors (Lipinski definition) is 5. The number of anilines is 2. The zero-order chi connectivity index (χ0) is 15.5. The maximum absolute atomic E-state index is 12.4. The number of nitrogens with two attached hydrogens (primary N) is 1. The molecule has 1 aromatic heterocycles. The second kappa shape index (κ2) is 6.46. The van der Waals surface area contributed by atoms with E-state index in [1.54, 1.807) is 0 Å². The van der Waals surface area contributed by atoms with Crippen LogP contribution in [0.4, 0.5) is 24.8 Å². The first kappa shape index (κ1) is 15.8. The lowest BCUT2D eigenvalue weighted by Gasteiger charge is -2.36. The number of nitrogen functional groups attached to an aromatic ring is 1. The minimum atomic E-state index is -4.14. The molecule has 1 saturated heterocycles. The molecule has 2 rings (SSSR count). The minimum absolute atomic E-state index is 0.370. The normalized spacial score (nSPS) is 17.2. The van der Waals surface area contributed by atoms with Crippen LogP contribution in [0.15, 0.2) is 6.33 Å². The Morgan fingerprint density at radius 1 is 1.19 bits per heavy atom. The van der Waals surface area contributed by atoms with Crippen LogP contribution in [0.3, 0.4) is 0 Å². The highest BCUT2D eigenvalue weighted by molar-refractivity contribution is 5.56. The first-order valence-electron chi connectivity index (χ1n) is 7.04. The van der Waals surface area contributed by atoms with Crippen LogP contribution in [-0.4, -0.2) is 53.8 Å². The van der Waals surface area contributed by atoms with Crippen LogP contribution >= 0.6 is 0 Å². The number of piperazine rings is 1. The second-order valence-corrected chi connectivity index (χ2v) is 5.19. The van der Waals surface area contributed by atoms with Gasteiger partial charge in [-0.15, -0.1) is 0 Å². The van der Waals surface area contributed by atoms with E-state index in [0.29, 0.717) is 32.0 Å². The van der Waals surface area contributed by atoms with Crippen molar-refractivity contribution in [3.05, 3.63) is 11.9 Å². The summed E-state index contributed by atoms with van der Waals surface area (Å²) < 4.78 is 37.2. The zero-order valence-electron chi connectivity index (χ0n) is 12.0. The molecule has 0 aromatic carbocycles. The maximum Gasteiger partial charge on any atom is 0.401 e. The smallest absolute Gasteiger partial charge is 0.383 e. The van der Waals surface area contributed by atoms with E-state index >= 15 is 0 Å². The summed E-state index contributed by atoms with van der Waals surface area (Å²) in [6.07, 6.45) is -1.05. The van der Waals surface area contributed by atoms with Gasteiger partial charge in [-0.25, -0.2) is 9.97 Å². The lowest BCUT2D eigenvalue weighted by Crippen LogP contribution is -2.49. The number of alkyl halides is 3. The van der Waals surface area contributed by atoms with Crippen molar-refractivity contribution >= 4 is 11.6 Å². The third-order valence-electron chi connectivity index (χ3n) is 3.53. The van der Waals surface area contributed by atoms with Crippen molar-refractivity contribution in [2.45, 2.75) is 25.9 Å². The molecule has 1 aliphatic rings. The molecule has 5 nitrogen and oxygen atoms in total. The van der Waals surface area contributed by atoms with Crippen LogP contribution in [-0.2, 0) is 6.42 Å². The summed E-state index contributed by atoms with van der Waals surface area (Å²) in [6.45, 7) is 2.96. The van der Waals surface area contributed by atoms with Gasteiger partial charge >= 0.3 is 6.18 Å². The SMILES string of the molecule is CCCc1c(N)ncnc1N1CCN(CC(F)(F)F)CC1. The van der Waals surface area contributed by atoms with Gasteiger partial charge in [-0.05, 0) is 6.42 Å². The molecule has 0 aliphatic carbocycles. The molecular weight excluding hydrogens is 283 g/mol. The highest BCUT2D eigenvalue weighted by Crippen LogP contribution is 2.25. The van der Waals surface area contributed by atoms with Crippen molar-refractivity contribution in [2.24, 2.45) is 0 Å². The van der Waals surface area contributed by atoms with Crippen LogP contribution in [0.25, 0.3) is 0 Å². The van der Waals surface area contributed by atoms with Gasteiger partial charge in [-0.2, -0.15) is 13.2 Å². The predicted octanol–water partition coefficient (Wildman–Crippen LogP) is 1.70. The van der Waals surface area contributed by atoms with Crippen molar-refractivity contribution in [3.8, 4) is 0 Å². The molecule has 1 aliphatic heterocycles. The van der Waals surface area contributed by atoms with Gasteiger partial charge in [0, 0.05) is 31.7 Å². The second-order valence-electron chi connectivity index (χ2n) is 5.19. The highest BCUT2D eigenvalue weighted by Gasteiger charge is 2.32. The Bertz CT molecular complexity index is 469. The predicted molar refractivity (Wildman–Crippen MR) is 75.1 cm³/mol. The van der Waals surface area contributed by atoms with Gasteiger partial charge < -0.3 is 10.6 Å². The molecule has 0 amide bonds. The molecular formula is C13H20F3N5. The van der Waals surface area contributed by atoms with Gasteiger partial charge in [-0.3, -0.25) is 4.90 Å². The van der Waals surface area contributed by atoms with Gasteiger partial charge in [0.05, 0.1) is 6.54 Å². The Kier molecular flexibility index (Phi) is 4.87. The fourth-order valence-corrected chi connectivity index (χ4v) is 2.55. The van der Waals surface area contributed by atoms with Crippen LogP contribution in [0.2, 0.25) is 0 Å². The largest absolute Gasteiger partial charge is 0.401 e. The molecule has 0 unspecified atom stereocenters. The van der Waals surface area contributed by atoms with Gasteiger partial charge in [0.1, 0.15) is 18.0 Å². The number of nitrogens with zero attached hydrogens (tertiary/aromatic N) is 4. The van der Waals surface area contributed by atoms with E-state index in [-0.39, 0.29) is 0 Å². The first-order chi connectivity index (χ1) is 9.90. The Morgan fingerprint density at radius 2 is 1.86 bits per heavy atom. The number of rotatable bonds is 4. The van der Waals surface area contributed by atoms with Crippen molar-refractivity contribution in [1.82, 2.24) is 14.9 Å². The molecule has 21 heavy (non-hydrogen) atoms. The summed E-state index contributed by atoms with van der Waals surface area (Å²) in [7, 11) is 0. The summed E-state index contributed by atoms with van der Waals surface area (Å²) in [5.74, 6) is 1.22. The first-order valence-corrected chi connectivity index (χ1v) is 7.04. The maximum atomic E-state index is 12.4.